The third-order valence-corrected chi connectivity index (χ3v) is 4.51. The quantitative estimate of drug-likeness (QED) is 0.937. The van der Waals surface area contributed by atoms with Crippen molar-refractivity contribution in [1.29, 1.82) is 0 Å². The van der Waals surface area contributed by atoms with E-state index in [1.807, 2.05) is 0 Å². The van der Waals surface area contributed by atoms with Crippen LogP contribution in [0.15, 0.2) is 24.3 Å². The second-order valence-electron chi connectivity index (χ2n) is 6.43. The molecule has 6 nitrogen and oxygen atoms in total. The summed E-state index contributed by atoms with van der Waals surface area (Å²) in [4.78, 5) is 12.2. The fraction of sp³-hybridized carbons (Fsp3) is 0.471. The van der Waals surface area contributed by atoms with Gasteiger partial charge < -0.3 is 10.1 Å². The molecular weight excluding hydrogens is 292 g/mol. The van der Waals surface area contributed by atoms with E-state index in [1.165, 1.54) is 18.4 Å². The topological polar surface area (TPSA) is 69.0 Å². The van der Waals surface area contributed by atoms with Crippen molar-refractivity contribution in [2.45, 2.75) is 39.0 Å². The lowest BCUT2D eigenvalue weighted by Crippen LogP contribution is -2.28. The first-order valence-electron chi connectivity index (χ1n) is 8.09. The van der Waals surface area contributed by atoms with Crippen LogP contribution in [0.5, 0.6) is 0 Å². The second kappa shape index (κ2) is 5.77. The molecule has 1 aliphatic heterocycles. The summed E-state index contributed by atoms with van der Waals surface area (Å²) in [5.74, 6) is 0.503. The van der Waals surface area contributed by atoms with Crippen LogP contribution >= 0.6 is 0 Å². The lowest BCUT2D eigenvalue weighted by atomic mass is 10.1. The molecule has 0 radical (unpaired) electrons. The largest absolute Gasteiger partial charge is 0.365 e. The van der Waals surface area contributed by atoms with Gasteiger partial charge in [0.05, 0.1) is 18.8 Å². The van der Waals surface area contributed by atoms with Crippen LogP contribution in [0.3, 0.4) is 0 Å². The van der Waals surface area contributed by atoms with Crippen molar-refractivity contribution < 1.29 is 9.53 Å². The zero-order valence-electron chi connectivity index (χ0n) is 13.2. The van der Waals surface area contributed by atoms with Gasteiger partial charge >= 0.3 is 0 Å². The van der Waals surface area contributed by atoms with Crippen LogP contribution in [0.4, 0.5) is 0 Å². The Labute approximate surface area is 134 Å². The monoisotopic (exact) mass is 312 g/mol. The number of nitrogens with one attached hydrogen (secondary N) is 1. The number of carbonyl (C=O) groups is 1. The van der Waals surface area contributed by atoms with E-state index in [0.717, 1.165) is 17.8 Å². The lowest BCUT2D eigenvalue weighted by Gasteiger charge is -2.24. The Morgan fingerprint density at radius 1 is 1.35 bits per heavy atom. The maximum absolute atomic E-state index is 12.2. The van der Waals surface area contributed by atoms with Crippen molar-refractivity contribution >= 4 is 5.91 Å². The standard InChI is InChI=1S/C17H20N4O2/c1-11-2-6-13(7-3-11)15-9-21-14(10-23-15)16(19-20-21)17(22)18-8-12-4-5-12/h2-3,6-7,12,15H,4-5,8-10H2,1H3,(H,18,22)/t15-/m1/s1. The molecular formula is C17H20N4O2. The molecule has 1 aliphatic carbocycles. The fourth-order valence-corrected chi connectivity index (χ4v) is 2.81. The van der Waals surface area contributed by atoms with Crippen LogP contribution in [-0.4, -0.2) is 27.4 Å². The summed E-state index contributed by atoms with van der Waals surface area (Å²) in [6.07, 6.45) is 2.37. The van der Waals surface area contributed by atoms with Gasteiger partial charge in [0.15, 0.2) is 5.69 Å². The summed E-state index contributed by atoms with van der Waals surface area (Å²) in [5, 5.41) is 11.1. The number of benzene rings is 1. The van der Waals surface area contributed by atoms with Crippen LogP contribution in [-0.2, 0) is 17.9 Å². The van der Waals surface area contributed by atoms with E-state index in [2.05, 4.69) is 46.8 Å². The summed E-state index contributed by atoms with van der Waals surface area (Å²) >= 11 is 0. The molecule has 2 heterocycles. The Bertz CT molecular complexity index is 719. The highest BCUT2D eigenvalue weighted by Gasteiger charge is 2.28. The van der Waals surface area contributed by atoms with Gasteiger partial charge in [-0.15, -0.1) is 5.10 Å². The maximum Gasteiger partial charge on any atom is 0.273 e. The van der Waals surface area contributed by atoms with Crippen molar-refractivity contribution in [3.8, 4) is 0 Å². The molecule has 1 atom stereocenters. The third-order valence-electron chi connectivity index (χ3n) is 4.51. The molecule has 1 N–H and O–H groups in total. The summed E-state index contributed by atoms with van der Waals surface area (Å²) < 4.78 is 7.73. The van der Waals surface area contributed by atoms with Crippen molar-refractivity contribution in [3.63, 3.8) is 0 Å². The summed E-state index contributed by atoms with van der Waals surface area (Å²) in [7, 11) is 0. The van der Waals surface area contributed by atoms with Gasteiger partial charge in [-0.1, -0.05) is 35.0 Å². The number of aromatic nitrogens is 3. The fourth-order valence-electron chi connectivity index (χ4n) is 2.81. The molecule has 1 aromatic carbocycles. The van der Waals surface area contributed by atoms with Gasteiger partial charge in [0.1, 0.15) is 6.10 Å². The number of carbonyl (C=O) groups excluding carboxylic acids is 1. The molecule has 0 bridgehead atoms. The molecule has 0 spiro atoms. The molecule has 1 fully saturated rings. The SMILES string of the molecule is Cc1ccc([C@H]2Cn3nnc(C(=O)NCC4CC4)c3CO2)cc1. The number of aryl methyl sites for hydroxylation is 1. The molecule has 6 heteroatoms. The van der Waals surface area contributed by atoms with E-state index in [4.69, 9.17) is 4.74 Å². The van der Waals surface area contributed by atoms with Gasteiger partial charge in [-0.3, -0.25) is 4.79 Å². The number of rotatable bonds is 4. The molecule has 1 amide bonds. The van der Waals surface area contributed by atoms with Gasteiger partial charge in [-0.2, -0.15) is 0 Å². The number of nitrogens with zero attached hydrogens (tertiary/aromatic N) is 3. The van der Waals surface area contributed by atoms with Crippen LogP contribution in [0, 0.1) is 12.8 Å². The van der Waals surface area contributed by atoms with Gasteiger partial charge in [-0.25, -0.2) is 4.68 Å². The van der Waals surface area contributed by atoms with Gasteiger partial charge in [-0.05, 0) is 31.2 Å². The predicted octanol–water partition coefficient (Wildman–Crippen LogP) is 2.00. The van der Waals surface area contributed by atoms with Crippen LogP contribution in [0.25, 0.3) is 0 Å². The van der Waals surface area contributed by atoms with Crippen molar-refractivity contribution in [2.75, 3.05) is 6.54 Å². The summed E-state index contributed by atoms with van der Waals surface area (Å²) in [6, 6.07) is 8.30. The van der Waals surface area contributed by atoms with E-state index >= 15 is 0 Å². The molecule has 4 rings (SSSR count). The van der Waals surface area contributed by atoms with Crippen molar-refractivity contribution in [2.24, 2.45) is 5.92 Å². The molecule has 2 aromatic rings. The average molecular weight is 312 g/mol. The Kier molecular flexibility index (Phi) is 3.61. The molecule has 0 saturated heterocycles. The van der Waals surface area contributed by atoms with Crippen LogP contribution < -0.4 is 5.32 Å². The first-order valence-corrected chi connectivity index (χ1v) is 8.09. The number of hydrogen-bond acceptors (Lipinski definition) is 4. The normalized spacial score (nSPS) is 20.1. The highest BCUT2D eigenvalue weighted by atomic mass is 16.5. The average Bonchev–Trinajstić information content (AvgIpc) is 3.30. The molecule has 1 saturated carbocycles. The zero-order valence-corrected chi connectivity index (χ0v) is 13.2. The Hall–Kier alpha value is -2.21. The minimum absolute atomic E-state index is 0.0489. The Balaban J connectivity index is 1.47. The van der Waals surface area contributed by atoms with Gasteiger partial charge in [0, 0.05) is 6.54 Å². The van der Waals surface area contributed by atoms with Crippen LogP contribution in [0.1, 0.15) is 46.3 Å². The number of hydrogen-bond donors (Lipinski definition) is 1. The zero-order chi connectivity index (χ0) is 15.8. The van der Waals surface area contributed by atoms with E-state index in [0.29, 0.717) is 24.8 Å². The van der Waals surface area contributed by atoms with E-state index in [1.54, 1.807) is 4.68 Å². The molecule has 1 aromatic heterocycles. The first-order chi connectivity index (χ1) is 11.2. The smallest absolute Gasteiger partial charge is 0.273 e. The highest BCUT2D eigenvalue weighted by Crippen LogP contribution is 2.28. The summed E-state index contributed by atoms with van der Waals surface area (Å²) in [6.45, 7) is 3.74. The van der Waals surface area contributed by atoms with Gasteiger partial charge in [0.2, 0.25) is 0 Å². The Morgan fingerprint density at radius 2 is 2.13 bits per heavy atom. The first kappa shape index (κ1) is 14.4. The maximum atomic E-state index is 12.2. The highest BCUT2D eigenvalue weighted by molar-refractivity contribution is 5.93. The lowest BCUT2D eigenvalue weighted by molar-refractivity contribution is -0.00177. The minimum Gasteiger partial charge on any atom is -0.365 e. The molecule has 120 valence electrons. The van der Waals surface area contributed by atoms with Crippen LogP contribution in [0.2, 0.25) is 0 Å². The van der Waals surface area contributed by atoms with Crippen molar-refractivity contribution in [3.05, 3.63) is 46.8 Å². The Morgan fingerprint density at radius 3 is 2.87 bits per heavy atom. The van der Waals surface area contributed by atoms with E-state index in [9.17, 15) is 4.79 Å². The van der Waals surface area contributed by atoms with Crippen molar-refractivity contribution in [1.82, 2.24) is 20.3 Å². The molecule has 0 unspecified atom stereocenters. The minimum atomic E-state index is -0.143. The molecule has 2 aliphatic rings. The second-order valence-corrected chi connectivity index (χ2v) is 6.43. The summed E-state index contributed by atoms with van der Waals surface area (Å²) in [5.41, 5.74) is 3.51. The number of fused-ring (bicyclic) bond motifs is 1. The third kappa shape index (κ3) is 2.99. The predicted molar refractivity (Wildman–Crippen MR) is 83.8 cm³/mol. The molecule has 23 heavy (non-hydrogen) atoms. The van der Waals surface area contributed by atoms with Gasteiger partial charge in [0.25, 0.3) is 5.91 Å². The van der Waals surface area contributed by atoms with E-state index in [-0.39, 0.29) is 12.0 Å². The number of amides is 1. The number of ether oxygens (including phenoxy) is 1. The van der Waals surface area contributed by atoms with E-state index < -0.39 is 0 Å².